The summed E-state index contributed by atoms with van der Waals surface area (Å²) in [7, 11) is -1.40. The van der Waals surface area contributed by atoms with E-state index in [-0.39, 0.29) is 22.2 Å². The molecular weight excluding hydrogens is 288 g/mol. The van der Waals surface area contributed by atoms with Gasteiger partial charge in [-0.05, 0) is 50.3 Å². The molecule has 0 saturated carbocycles. The van der Waals surface area contributed by atoms with Crippen molar-refractivity contribution in [1.29, 1.82) is 0 Å². The van der Waals surface area contributed by atoms with E-state index in [2.05, 4.69) is 0 Å². The minimum absolute atomic E-state index is 0.0678. The number of methoxy groups -OCH3 is 1. The molecular formula is C16H20O4S. The van der Waals surface area contributed by atoms with E-state index in [9.17, 15) is 13.2 Å². The second kappa shape index (κ2) is 5.13. The molecule has 114 valence electrons. The molecule has 3 rings (SSSR count). The number of ketones is 1. The molecule has 5 heteroatoms. The van der Waals surface area contributed by atoms with Gasteiger partial charge in [-0.3, -0.25) is 4.79 Å². The molecule has 4 nitrogen and oxygen atoms in total. The number of carbonyl (C=O) groups excluding carboxylic acids is 1. The van der Waals surface area contributed by atoms with Crippen LogP contribution < -0.4 is 4.74 Å². The number of ether oxygens (including phenoxy) is 1. The Bertz CT molecular complexity index is 658. The fraction of sp³-hybridized carbons (Fsp3) is 0.562. The van der Waals surface area contributed by atoms with E-state index in [4.69, 9.17) is 4.74 Å². The number of hydrogen-bond acceptors (Lipinski definition) is 4. The highest BCUT2D eigenvalue weighted by atomic mass is 32.2. The normalized spacial score (nSPS) is 30.1. The molecule has 2 aliphatic rings. The number of aryl methyl sites for hydroxylation is 1. The summed E-state index contributed by atoms with van der Waals surface area (Å²) in [4.78, 5) is 12.8. The Labute approximate surface area is 125 Å². The lowest BCUT2D eigenvalue weighted by atomic mass is 9.88. The Morgan fingerprint density at radius 1 is 1.19 bits per heavy atom. The Balaban J connectivity index is 1.87. The van der Waals surface area contributed by atoms with Crippen LogP contribution in [0.1, 0.15) is 41.6 Å². The van der Waals surface area contributed by atoms with E-state index in [0.717, 1.165) is 5.56 Å². The van der Waals surface area contributed by atoms with Gasteiger partial charge in [0.25, 0.3) is 0 Å². The first-order valence-electron chi connectivity index (χ1n) is 7.35. The zero-order valence-corrected chi connectivity index (χ0v) is 13.2. The molecule has 2 heterocycles. The third kappa shape index (κ3) is 2.37. The molecule has 0 spiro atoms. The number of benzene rings is 1. The number of hydrogen-bond donors (Lipinski definition) is 0. The van der Waals surface area contributed by atoms with E-state index < -0.39 is 9.84 Å². The predicted octanol–water partition coefficient (Wildman–Crippen LogP) is 2.54. The molecule has 1 aromatic carbocycles. The fourth-order valence-corrected chi connectivity index (χ4v) is 6.11. The Hall–Kier alpha value is -1.36. The van der Waals surface area contributed by atoms with Gasteiger partial charge < -0.3 is 4.74 Å². The lowest BCUT2D eigenvalue weighted by molar-refractivity contribution is 0.0904. The highest BCUT2D eigenvalue weighted by Gasteiger charge is 2.48. The van der Waals surface area contributed by atoms with Gasteiger partial charge in [0.05, 0.1) is 17.6 Å². The van der Waals surface area contributed by atoms with Gasteiger partial charge in [-0.2, -0.15) is 0 Å². The van der Waals surface area contributed by atoms with Crippen LogP contribution in [0.25, 0.3) is 0 Å². The molecule has 2 saturated heterocycles. The van der Waals surface area contributed by atoms with Gasteiger partial charge in [0, 0.05) is 11.5 Å². The Morgan fingerprint density at radius 2 is 1.81 bits per heavy atom. The van der Waals surface area contributed by atoms with Crippen LogP contribution in [-0.2, 0) is 9.84 Å². The van der Waals surface area contributed by atoms with Crippen LogP contribution in [0.3, 0.4) is 0 Å². The number of rotatable bonds is 3. The minimum atomic E-state index is -2.98. The SMILES string of the molecule is COc1ccc(C)c(C(=O)C2CC3CCC(C2)S3(=O)=O)c1. The second-order valence-corrected chi connectivity index (χ2v) is 8.64. The van der Waals surface area contributed by atoms with Gasteiger partial charge in [-0.1, -0.05) is 6.07 Å². The van der Waals surface area contributed by atoms with Crippen LogP contribution in [0, 0.1) is 12.8 Å². The van der Waals surface area contributed by atoms with Crippen molar-refractivity contribution >= 4 is 15.6 Å². The first kappa shape index (κ1) is 14.6. The molecule has 2 unspecified atom stereocenters. The van der Waals surface area contributed by atoms with Gasteiger partial charge >= 0.3 is 0 Å². The molecule has 2 fully saturated rings. The summed E-state index contributed by atoms with van der Waals surface area (Å²) in [5.41, 5.74) is 1.58. The van der Waals surface area contributed by atoms with Crippen molar-refractivity contribution in [1.82, 2.24) is 0 Å². The van der Waals surface area contributed by atoms with Gasteiger partial charge in [0.2, 0.25) is 0 Å². The largest absolute Gasteiger partial charge is 0.497 e. The lowest BCUT2D eigenvalue weighted by Crippen LogP contribution is -2.36. The van der Waals surface area contributed by atoms with E-state index in [1.807, 2.05) is 19.1 Å². The Kier molecular flexibility index (Phi) is 3.56. The third-order valence-corrected chi connectivity index (χ3v) is 7.63. The van der Waals surface area contributed by atoms with Crippen LogP contribution >= 0.6 is 0 Å². The van der Waals surface area contributed by atoms with E-state index >= 15 is 0 Å². The highest BCUT2D eigenvalue weighted by molar-refractivity contribution is 7.93. The lowest BCUT2D eigenvalue weighted by Gasteiger charge is -2.27. The van der Waals surface area contributed by atoms with Crippen molar-refractivity contribution in [2.75, 3.05) is 7.11 Å². The minimum Gasteiger partial charge on any atom is -0.497 e. The van der Waals surface area contributed by atoms with E-state index in [0.29, 0.717) is 37.0 Å². The maximum Gasteiger partial charge on any atom is 0.166 e. The summed E-state index contributed by atoms with van der Waals surface area (Å²) in [6, 6.07) is 5.48. The van der Waals surface area contributed by atoms with E-state index in [1.54, 1.807) is 13.2 Å². The summed E-state index contributed by atoms with van der Waals surface area (Å²) in [6.45, 7) is 1.90. The molecule has 0 amide bonds. The zero-order chi connectivity index (χ0) is 15.2. The molecule has 2 bridgehead atoms. The highest BCUT2D eigenvalue weighted by Crippen LogP contribution is 2.42. The molecule has 0 aromatic heterocycles. The van der Waals surface area contributed by atoms with Crippen molar-refractivity contribution in [3.05, 3.63) is 29.3 Å². The number of carbonyl (C=O) groups is 1. The molecule has 1 aromatic rings. The van der Waals surface area contributed by atoms with Crippen molar-refractivity contribution in [3.63, 3.8) is 0 Å². The monoisotopic (exact) mass is 308 g/mol. The standard InChI is InChI=1S/C16H20O4S/c1-10-3-4-12(20-2)9-15(10)16(17)11-7-13-5-6-14(8-11)21(13,18)19/h3-4,9,11,13-14H,5-8H2,1-2H3. The second-order valence-electron chi connectivity index (χ2n) is 6.12. The molecule has 2 aliphatic heterocycles. The maximum atomic E-state index is 12.8. The van der Waals surface area contributed by atoms with Crippen LogP contribution in [0.5, 0.6) is 5.75 Å². The van der Waals surface area contributed by atoms with Crippen molar-refractivity contribution in [2.45, 2.75) is 43.1 Å². The summed E-state index contributed by atoms with van der Waals surface area (Å²) in [5.74, 6) is 0.561. The zero-order valence-electron chi connectivity index (χ0n) is 12.3. The van der Waals surface area contributed by atoms with Crippen LogP contribution in [0.4, 0.5) is 0 Å². The van der Waals surface area contributed by atoms with Crippen molar-refractivity contribution in [3.8, 4) is 5.75 Å². The number of Topliss-reactive ketones (excluding diaryl/α,β-unsaturated/α-hetero) is 1. The van der Waals surface area contributed by atoms with Gasteiger partial charge in [0.15, 0.2) is 15.6 Å². The number of sulfone groups is 1. The van der Waals surface area contributed by atoms with Gasteiger partial charge in [-0.25, -0.2) is 8.42 Å². The van der Waals surface area contributed by atoms with Gasteiger partial charge in [-0.15, -0.1) is 0 Å². The topological polar surface area (TPSA) is 60.4 Å². The fourth-order valence-electron chi connectivity index (χ4n) is 3.63. The number of fused-ring (bicyclic) bond motifs is 2. The van der Waals surface area contributed by atoms with Crippen molar-refractivity contribution in [2.24, 2.45) is 5.92 Å². The van der Waals surface area contributed by atoms with Crippen LogP contribution in [0.15, 0.2) is 18.2 Å². The van der Waals surface area contributed by atoms with E-state index in [1.165, 1.54) is 0 Å². The third-order valence-electron chi connectivity index (χ3n) is 4.92. The summed E-state index contributed by atoms with van der Waals surface area (Å²) in [5, 5.41) is -0.618. The molecule has 0 aliphatic carbocycles. The Morgan fingerprint density at radius 3 is 2.38 bits per heavy atom. The first-order valence-corrected chi connectivity index (χ1v) is 8.96. The smallest absolute Gasteiger partial charge is 0.166 e. The van der Waals surface area contributed by atoms with Crippen molar-refractivity contribution < 1.29 is 17.9 Å². The van der Waals surface area contributed by atoms with Crippen LogP contribution in [-0.4, -0.2) is 31.8 Å². The van der Waals surface area contributed by atoms with Gasteiger partial charge in [0.1, 0.15) is 5.75 Å². The molecule has 0 radical (unpaired) electrons. The quantitative estimate of drug-likeness (QED) is 0.805. The van der Waals surface area contributed by atoms with Crippen LogP contribution in [0.2, 0.25) is 0 Å². The maximum absolute atomic E-state index is 12.8. The average Bonchev–Trinajstić information content (AvgIpc) is 2.67. The summed E-state index contributed by atoms with van der Waals surface area (Å²) in [6.07, 6.45) is 2.39. The molecule has 2 atom stereocenters. The molecule has 0 N–H and O–H groups in total. The summed E-state index contributed by atoms with van der Waals surface area (Å²) < 4.78 is 29.4. The summed E-state index contributed by atoms with van der Waals surface area (Å²) >= 11 is 0. The predicted molar refractivity (Wildman–Crippen MR) is 80.5 cm³/mol. The average molecular weight is 308 g/mol. The molecule has 21 heavy (non-hydrogen) atoms. The first-order chi connectivity index (χ1) is 9.93.